The van der Waals surface area contributed by atoms with Crippen LogP contribution >= 0.6 is 0 Å². The fourth-order valence-corrected chi connectivity index (χ4v) is 3.13. The van der Waals surface area contributed by atoms with Crippen molar-refractivity contribution in [2.24, 2.45) is 0 Å². The zero-order valence-electron chi connectivity index (χ0n) is 15.6. The summed E-state index contributed by atoms with van der Waals surface area (Å²) >= 11 is 0. The van der Waals surface area contributed by atoms with Gasteiger partial charge >= 0.3 is 12.4 Å². The van der Waals surface area contributed by atoms with E-state index in [0.717, 1.165) is 0 Å². The van der Waals surface area contributed by atoms with Crippen LogP contribution in [-0.2, 0) is 21.9 Å². The first kappa shape index (κ1) is 22.5. The maximum atomic E-state index is 13.0. The number of amides is 1. The molecule has 1 aliphatic rings. The number of rotatable bonds is 5. The van der Waals surface area contributed by atoms with Crippen molar-refractivity contribution in [2.75, 3.05) is 20.7 Å². The number of benzene rings is 1. The van der Waals surface area contributed by atoms with Crippen molar-refractivity contribution in [3.63, 3.8) is 0 Å². The zero-order chi connectivity index (χ0) is 21.3. The van der Waals surface area contributed by atoms with E-state index in [4.69, 9.17) is 4.74 Å². The van der Waals surface area contributed by atoms with Crippen LogP contribution in [0.2, 0.25) is 0 Å². The molecule has 1 amide bonds. The number of nitrogens with zero attached hydrogens (tertiary/aromatic N) is 1. The second kappa shape index (κ2) is 8.28. The van der Waals surface area contributed by atoms with Crippen LogP contribution in [-0.4, -0.2) is 43.6 Å². The number of ether oxygens (including phenoxy) is 1. The fraction of sp³-hybridized carbons (Fsp3) is 0.611. The molecule has 28 heavy (non-hydrogen) atoms. The summed E-state index contributed by atoms with van der Waals surface area (Å²) in [6.45, 7) is 1.40. The van der Waals surface area contributed by atoms with E-state index in [-0.39, 0.29) is 36.2 Å². The smallest absolute Gasteiger partial charge is 0.372 e. The first-order valence-electron chi connectivity index (χ1n) is 8.69. The number of hydrogen-bond donors (Lipinski definition) is 1. The van der Waals surface area contributed by atoms with Gasteiger partial charge in [0.2, 0.25) is 5.91 Å². The van der Waals surface area contributed by atoms with Crippen molar-refractivity contribution in [2.45, 2.75) is 50.3 Å². The Kier molecular flexibility index (Phi) is 6.65. The van der Waals surface area contributed by atoms with Gasteiger partial charge in [-0.25, -0.2) is 0 Å². The summed E-state index contributed by atoms with van der Waals surface area (Å²) in [5.41, 5.74) is -2.98. The lowest BCUT2D eigenvalue weighted by Crippen LogP contribution is -2.53. The molecule has 4 nitrogen and oxygen atoms in total. The van der Waals surface area contributed by atoms with Crippen molar-refractivity contribution in [1.29, 1.82) is 0 Å². The van der Waals surface area contributed by atoms with E-state index >= 15 is 0 Å². The van der Waals surface area contributed by atoms with E-state index < -0.39 is 29.6 Å². The molecule has 1 aromatic rings. The SMILES string of the molecule is CN[C@H]1CC[C@H](CO[C@H](C)c2cc(C(F)(F)F)cc(C(F)(F)F)c2)N(C)C1=O. The number of nitrogens with one attached hydrogen (secondary N) is 1. The Hall–Kier alpha value is -1.81. The van der Waals surface area contributed by atoms with Crippen molar-refractivity contribution < 1.29 is 35.9 Å². The molecule has 0 aliphatic carbocycles. The number of carbonyl (C=O) groups is 1. The number of piperidine rings is 1. The lowest BCUT2D eigenvalue weighted by atomic mass is 9.98. The Labute approximate surface area is 158 Å². The van der Waals surface area contributed by atoms with Crippen molar-refractivity contribution in [3.05, 3.63) is 34.9 Å². The van der Waals surface area contributed by atoms with Gasteiger partial charge in [-0.15, -0.1) is 0 Å². The molecular weight excluding hydrogens is 390 g/mol. The van der Waals surface area contributed by atoms with Crippen LogP contribution in [0.15, 0.2) is 18.2 Å². The molecule has 1 aliphatic heterocycles. The Morgan fingerprint density at radius 3 is 2.11 bits per heavy atom. The standard InChI is InChI=1S/C18H22F6N2O2/c1-10(28-9-14-4-5-15(25-2)16(27)26(14)3)11-6-12(17(19,20)21)8-13(7-11)18(22,23)24/h6-8,10,14-15,25H,4-5,9H2,1-3H3/t10-,14-,15+/m1/s1. The highest BCUT2D eigenvalue weighted by molar-refractivity contribution is 5.82. The van der Waals surface area contributed by atoms with E-state index in [9.17, 15) is 31.1 Å². The van der Waals surface area contributed by atoms with Crippen LogP contribution < -0.4 is 5.32 Å². The van der Waals surface area contributed by atoms with E-state index in [1.807, 2.05) is 0 Å². The summed E-state index contributed by atoms with van der Waals surface area (Å²) < 4.78 is 83.4. The molecule has 0 aromatic heterocycles. The molecule has 0 bridgehead atoms. The van der Waals surface area contributed by atoms with Gasteiger partial charge in [-0.3, -0.25) is 4.79 Å². The molecule has 0 saturated carbocycles. The Morgan fingerprint density at radius 2 is 1.64 bits per heavy atom. The monoisotopic (exact) mass is 412 g/mol. The summed E-state index contributed by atoms with van der Waals surface area (Å²) in [5.74, 6) is -0.131. The second-order valence-corrected chi connectivity index (χ2v) is 6.84. The molecule has 1 aromatic carbocycles. The largest absolute Gasteiger partial charge is 0.416 e. The predicted octanol–water partition coefficient (Wildman–Crippen LogP) is 4.01. The quantitative estimate of drug-likeness (QED) is 0.744. The lowest BCUT2D eigenvalue weighted by Gasteiger charge is -2.37. The molecule has 10 heteroatoms. The first-order chi connectivity index (χ1) is 12.8. The Balaban J connectivity index is 2.15. The highest BCUT2D eigenvalue weighted by atomic mass is 19.4. The third-order valence-corrected chi connectivity index (χ3v) is 4.95. The Morgan fingerprint density at radius 1 is 1.11 bits per heavy atom. The minimum Gasteiger partial charge on any atom is -0.372 e. The molecule has 1 saturated heterocycles. The molecule has 158 valence electrons. The van der Waals surface area contributed by atoms with Gasteiger partial charge in [0.15, 0.2) is 0 Å². The number of likely N-dealkylation sites (tertiary alicyclic amines) is 1. The normalized spacial score (nSPS) is 22.5. The van der Waals surface area contributed by atoms with E-state index in [1.54, 1.807) is 14.1 Å². The van der Waals surface area contributed by atoms with Crippen LogP contribution in [0.3, 0.4) is 0 Å². The molecule has 0 radical (unpaired) electrons. The van der Waals surface area contributed by atoms with Gasteiger partial charge < -0.3 is 15.0 Å². The minimum atomic E-state index is -4.91. The third kappa shape index (κ3) is 5.16. The zero-order valence-corrected chi connectivity index (χ0v) is 15.6. The van der Waals surface area contributed by atoms with Gasteiger partial charge in [-0.1, -0.05) is 0 Å². The highest BCUT2D eigenvalue weighted by Gasteiger charge is 2.37. The molecule has 2 rings (SSSR count). The first-order valence-corrected chi connectivity index (χ1v) is 8.69. The van der Waals surface area contributed by atoms with Gasteiger partial charge in [0.25, 0.3) is 0 Å². The van der Waals surface area contributed by atoms with E-state index in [1.165, 1.54) is 11.8 Å². The summed E-state index contributed by atoms with van der Waals surface area (Å²) in [6, 6.07) is 0.796. The van der Waals surface area contributed by atoms with Crippen LogP contribution in [0.4, 0.5) is 26.3 Å². The van der Waals surface area contributed by atoms with Crippen molar-refractivity contribution >= 4 is 5.91 Å². The number of likely N-dealkylation sites (N-methyl/N-ethyl adjacent to an activating group) is 2. The van der Waals surface area contributed by atoms with Crippen LogP contribution in [0.1, 0.15) is 42.6 Å². The van der Waals surface area contributed by atoms with Crippen LogP contribution in [0.5, 0.6) is 0 Å². The van der Waals surface area contributed by atoms with Gasteiger partial charge in [0.05, 0.1) is 35.9 Å². The third-order valence-electron chi connectivity index (χ3n) is 4.95. The van der Waals surface area contributed by atoms with Gasteiger partial charge in [0.1, 0.15) is 0 Å². The highest BCUT2D eigenvalue weighted by Crippen LogP contribution is 2.38. The summed E-state index contributed by atoms with van der Waals surface area (Å²) in [6.07, 6.45) is -9.64. The summed E-state index contributed by atoms with van der Waals surface area (Å²) in [4.78, 5) is 13.6. The maximum absolute atomic E-state index is 13.0. The molecular formula is C18H22F6N2O2. The van der Waals surface area contributed by atoms with Crippen LogP contribution in [0.25, 0.3) is 0 Å². The van der Waals surface area contributed by atoms with Gasteiger partial charge in [-0.05, 0) is 50.6 Å². The average molecular weight is 412 g/mol. The van der Waals surface area contributed by atoms with E-state index in [2.05, 4.69) is 5.32 Å². The maximum Gasteiger partial charge on any atom is 0.416 e. The average Bonchev–Trinajstić information content (AvgIpc) is 2.61. The Bertz CT molecular complexity index is 672. The topological polar surface area (TPSA) is 41.6 Å². The summed E-state index contributed by atoms with van der Waals surface area (Å²) in [5, 5.41) is 2.89. The van der Waals surface area contributed by atoms with Crippen molar-refractivity contribution in [3.8, 4) is 0 Å². The number of hydrogen-bond acceptors (Lipinski definition) is 3. The molecule has 0 spiro atoms. The number of alkyl halides is 6. The minimum absolute atomic E-state index is 0.0113. The second-order valence-electron chi connectivity index (χ2n) is 6.84. The van der Waals surface area contributed by atoms with E-state index in [0.29, 0.717) is 25.0 Å². The predicted molar refractivity (Wildman–Crippen MR) is 89.5 cm³/mol. The molecule has 1 heterocycles. The molecule has 0 unspecified atom stereocenters. The van der Waals surface area contributed by atoms with Gasteiger partial charge in [0, 0.05) is 7.05 Å². The molecule has 3 atom stereocenters. The lowest BCUT2D eigenvalue weighted by molar-refractivity contribution is -0.144. The number of halogens is 6. The summed E-state index contributed by atoms with van der Waals surface area (Å²) in [7, 11) is 3.26. The fourth-order valence-electron chi connectivity index (χ4n) is 3.13. The van der Waals surface area contributed by atoms with Crippen molar-refractivity contribution in [1.82, 2.24) is 10.2 Å². The van der Waals surface area contributed by atoms with Crippen LogP contribution in [0, 0.1) is 0 Å². The molecule has 1 N–H and O–H groups in total. The van der Waals surface area contributed by atoms with Gasteiger partial charge in [-0.2, -0.15) is 26.3 Å². The molecule has 1 fully saturated rings. The number of carbonyl (C=O) groups excluding carboxylic acids is 1.